The summed E-state index contributed by atoms with van der Waals surface area (Å²) < 4.78 is 5.75. The van der Waals surface area contributed by atoms with E-state index < -0.39 is 6.10 Å². The zero-order valence-corrected chi connectivity index (χ0v) is 11.8. The normalized spacial score (nSPS) is 21.0. The molecular formula is C15H22N2O2. The first-order valence-electron chi connectivity index (χ1n) is 6.82. The van der Waals surface area contributed by atoms with Crippen LogP contribution in [0.1, 0.15) is 19.4 Å². The van der Waals surface area contributed by atoms with E-state index >= 15 is 0 Å². The molecule has 1 amide bonds. The van der Waals surface area contributed by atoms with E-state index in [9.17, 15) is 4.79 Å². The topological polar surface area (TPSA) is 41.6 Å². The summed E-state index contributed by atoms with van der Waals surface area (Å²) in [6.45, 7) is 8.35. The number of amides is 1. The van der Waals surface area contributed by atoms with E-state index in [1.54, 1.807) is 0 Å². The average Bonchev–Trinajstić information content (AvgIpc) is 2.38. The summed E-state index contributed by atoms with van der Waals surface area (Å²) >= 11 is 0. The summed E-state index contributed by atoms with van der Waals surface area (Å²) in [5.41, 5.74) is 1.13. The van der Waals surface area contributed by atoms with Gasteiger partial charge in [-0.3, -0.25) is 4.79 Å². The van der Waals surface area contributed by atoms with Gasteiger partial charge in [0.1, 0.15) is 5.75 Å². The number of rotatable bonds is 3. The molecule has 2 rings (SSSR count). The molecule has 0 spiro atoms. The summed E-state index contributed by atoms with van der Waals surface area (Å²) in [5, 5.41) is 3.28. The highest BCUT2D eigenvalue weighted by Gasteiger charge is 2.27. The van der Waals surface area contributed by atoms with Gasteiger partial charge in [0.05, 0.1) is 0 Å². The van der Waals surface area contributed by atoms with Crippen molar-refractivity contribution < 1.29 is 9.53 Å². The summed E-state index contributed by atoms with van der Waals surface area (Å²) in [4.78, 5) is 14.3. The van der Waals surface area contributed by atoms with E-state index in [1.165, 1.54) is 0 Å². The van der Waals surface area contributed by atoms with Crippen LogP contribution in [0.2, 0.25) is 0 Å². The number of nitrogens with zero attached hydrogens (tertiary/aromatic N) is 1. The third-order valence-corrected chi connectivity index (χ3v) is 3.43. The molecule has 1 saturated heterocycles. The maximum absolute atomic E-state index is 12.4. The van der Waals surface area contributed by atoms with Gasteiger partial charge in [0.15, 0.2) is 6.10 Å². The molecule has 0 radical (unpaired) electrons. The second-order valence-corrected chi connectivity index (χ2v) is 5.16. The van der Waals surface area contributed by atoms with Gasteiger partial charge in [0.25, 0.3) is 5.91 Å². The van der Waals surface area contributed by atoms with Crippen molar-refractivity contribution in [1.29, 1.82) is 0 Å². The fourth-order valence-corrected chi connectivity index (χ4v) is 2.35. The molecule has 0 aromatic heterocycles. The van der Waals surface area contributed by atoms with E-state index in [2.05, 4.69) is 12.2 Å². The Kier molecular flexibility index (Phi) is 4.43. The number of nitrogens with one attached hydrogen (secondary N) is 1. The molecule has 19 heavy (non-hydrogen) atoms. The SMILES string of the molecule is Cc1cccc(OC(C)C(=O)N2CCNCC2C)c1. The first kappa shape index (κ1) is 13.9. The van der Waals surface area contributed by atoms with Crippen LogP contribution in [0.4, 0.5) is 0 Å². The molecule has 1 N–H and O–H groups in total. The van der Waals surface area contributed by atoms with Crippen LogP contribution in [0.5, 0.6) is 5.75 Å². The second-order valence-electron chi connectivity index (χ2n) is 5.16. The monoisotopic (exact) mass is 262 g/mol. The summed E-state index contributed by atoms with van der Waals surface area (Å²) in [7, 11) is 0. The van der Waals surface area contributed by atoms with Crippen LogP contribution in [0.15, 0.2) is 24.3 Å². The Morgan fingerprint density at radius 2 is 2.32 bits per heavy atom. The molecule has 1 fully saturated rings. The van der Waals surface area contributed by atoms with Gasteiger partial charge in [-0.15, -0.1) is 0 Å². The zero-order valence-electron chi connectivity index (χ0n) is 11.8. The Hall–Kier alpha value is -1.55. The predicted octanol–water partition coefficient (Wildman–Crippen LogP) is 1.58. The van der Waals surface area contributed by atoms with Crippen molar-refractivity contribution in [3.63, 3.8) is 0 Å². The molecule has 2 unspecified atom stereocenters. The molecule has 1 aromatic rings. The number of hydrogen-bond acceptors (Lipinski definition) is 3. The van der Waals surface area contributed by atoms with Gasteiger partial charge in [0, 0.05) is 25.7 Å². The smallest absolute Gasteiger partial charge is 0.263 e. The van der Waals surface area contributed by atoms with E-state index in [1.807, 2.05) is 43.0 Å². The van der Waals surface area contributed by atoms with Crippen LogP contribution < -0.4 is 10.1 Å². The summed E-state index contributed by atoms with van der Waals surface area (Å²) in [6, 6.07) is 8.01. The fourth-order valence-electron chi connectivity index (χ4n) is 2.35. The van der Waals surface area contributed by atoms with Gasteiger partial charge in [-0.2, -0.15) is 0 Å². The highest BCUT2D eigenvalue weighted by molar-refractivity contribution is 5.81. The quantitative estimate of drug-likeness (QED) is 0.899. The van der Waals surface area contributed by atoms with Crippen LogP contribution in [0.25, 0.3) is 0 Å². The van der Waals surface area contributed by atoms with Gasteiger partial charge < -0.3 is 15.0 Å². The standard InChI is InChI=1S/C15H22N2O2/c1-11-5-4-6-14(9-11)19-13(3)15(18)17-8-7-16-10-12(17)2/h4-6,9,12-13,16H,7-8,10H2,1-3H3. The van der Waals surface area contributed by atoms with Crippen molar-refractivity contribution in [2.75, 3.05) is 19.6 Å². The summed E-state index contributed by atoms with van der Waals surface area (Å²) in [6.07, 6.45) is -0.442. The summed E-state index contributed by atoms with van der Waals surface area (Å²) in [5.74, 6) is 0.819. The molecule has 0 aliphatic carbocycles. The van der Waals surface area contributed by atoms with Gasteiger partial charge >= 0.3 is 0 Å². The highest BCUT2D eigenvalue weighted by Crippen LogP contribution is 2.16. The number of piperazine rings is 1. The Morgan fingerprint density at radius 3 is 3.00 bits per heavy atom. The minimum absolute atomic E-state index is 0.0653. The zero-order chi connectivity index (χ0) is 13.8. The van der Waals surface area contributed by atoms with Crippen LogP contribution in [0, 0.1) is 6.92 Å². The molecule has 1 heterocycles. The van der Waals surface area contributed by atoms with Crippen LogP contribution in [0.3, 0.4) is 0 Å². The molecule has 1 aromatic carbocycles. The van der Waals surface area contributed by atoms with E-state index in [4.69, 9.17) is 4.74 Å². The number of carbonyl (C=O) groups excluding carboxylic acids is 1. The Balaban J connectivity index is 1.99. The molecule has 0 bridgehead atoms. The largest absolute Gasteiger partial charge is 0.481 e. The maximum atomic E-state index is 12.4. The second kappa shape index (κ2) is 6.06. The lowest BCUT2D eigenvalue weighted by molar-refractivity contribution is -0.140. The van der Waals surface area contributed by atoms with E-state index in [-0.39, 0.29) is 11.9 Å². The Morgan fingerprint density at radius 1 is 1.53 bits per heavy atom. The fraction of sp³-hybridized carbons (Fsp3) is 0.533. The molecule has 2 atom stereocenters. The van der Waals surface area contributed by atoms with Crippen molar-refractivity contribution in [3.8, 4) is 5.75 Å². The minimum atomic E-state index is -0.442. The molecule has 4 heteroatoms. The molecule has 1 aliphatic rings. The third-order valence-electron chi connectivity index (χ3n) is 3.43. The van der Waals surface area contributed by atoms with Crippen LogP contribution in [-0.4, -0.2) is 42.6 Å². The van der Waals surface area contributed by atoms with Gasteiger partial charge in [-0.25, -0.2) is 0 Å². The van der Waals surface area contributed by atoms with Crippen molar-refractivity contribution in [2.24, 2.45) is 0 Å². The molecule has 0 saturated carbocycles. The minimum Gasteiger partial charge on any atom is -0.481 e. The van der Waals surface area contributed by atoms with Gasteiger partial charge in [-0.05, 0) is 38.5 Å². The van der Waals surface area contributed by atoms with Crippen molar-refractivity contribution in [2.45, 2.75) is 32.9 Å². The average molecular weight is 262 g/mol. The Bertz CT molecular complexity index is 448. The van der Waals surface area contributed by atoms with Crippen molar-refractivity contribution in [3.05, 3.63) is 29.8 Å². The number of carbonyl (C=O) groups is 1. The molecule has 104 valence electrons. The highest BCUT2D eigenvalue weighted by atomic mass is 16.5. The lowest BCUT2D eigenvalue weighted by Gasteiger charge is -2.35. The lowest BCUT2D eigenvalue weighted by atomic mass is 10.2. The van der Waals surface area contributed by atoms with E-state index in [0.717, 1.165) is 30.9 Å². The third kappa shape index (κ3) is 3.47. The molecule has 4 nitrogen and oxygen atoms in total. The first-order valence-corrected chi connectivity index (χ1v) is 6.82. The predicted molar refractivity (Wildman–Crippen MR) is 75.3 cm³/mol. The van der Waals surface area contributed by atoms with E-state index in [0.29, 0.717) is 0 Å². The maximum Gasteiger partial charge on any atom is 0.263 e. The molecule has 1 aliphatic heterocycles. The number of benzene rings is 1. The first-order chi connectivity index (χ1) is 9.08. The molecular weight excluding hydrogens is 240 g/mol. The number of aryl methyl sites for hydroxylation is 1. The Labute approximate surface area is 114 Å². The number of hydrogen-bond donors (Lipinski definition) is 1. The van der Waals surface area contributed by atoms with Crippen LogP contribution in [-0.2, 0) is 4.79 Å². The van der Waals surface area contributed by atoms with Gasteiger partial charge in [-0.1, -0.05) is 12.1 Å². The lowest BCUT2D eigenvalue weighted by Crippen LogP contribution is -2.55. The number of ether oxygens (including phenoxy) is 1. The van der Waals surface area contributed by atoms with Crippen LogP contribution >= 0.6 is 0 Å². The van der Waals surface area contributed by atoms with Crippen molar-refractivity contribution >= 4 is 5.91 Å². The van der Waals surface area contributed by atoms with Gasteiger partial charge in [0.2, 0.25) is 0 Å². The van der Waals surface area contributed by atoms with Crippen molar-refractivity contribution in [1.82, 2.24) is 10.2 Å².